The number of benzene rings is 3. The highest BCUT2D eigenvalue weighted by atomic mass is 16.5. The van der Waals surface area contributed by atoms with Gasteiger partial charge in [0.15, 0.2) is 0 Å². The third-order valence-electron chi connectivity index (χ3n) is 9.46. The summed E-state index contributed by atoms with van der Waals surface area (Å²) in [5.74, 6) is 0.333. The lowest BCUT2D eigenvalue weighted by atomic mass is 9.67. The van der Waals surface area contributed by atoms with E-state index in [4.69, 9.17) is 4.74 Å². The summed E-state index contributed by atoms with van der Waals surface area (Å²) in [6.07, 6.45) is 0.915. The molecule has 3 aromatic rings. The first-order valence-corrected chi connectivity index (χ1v) is 12.4. The lowest BCUT2D eigenvalue weighted by Crippen LogP contribution is -2.37. The molecule has 1 saturated heterocycles. The van der Waals surface area contributed by atoms with E-state index in [-0.39, 0.29) is 23.8 Å². The number of aliphatic hydroxyl groups is 1. The van der Waals surface area contributed by atoms with Crippen LogP contribution in [0.25, 0.3) is 27.8 Å². The number of carbonyl (C=O) groups is 1. The van der Waals surface area contributed by atoms with Gasteiger partial charge in [0, 0.05) is 24.8 Å². The molecule has 3 heterocycles. The van der Waals surface area contributed by atoms with Gasteiger partial charge in [0.05, 0.1) is 17.8 Å². The van der Waals surface area contributed by atoms with E-state index < -0.39 is 11.7 Å². The molecule has 6 aliphatic rings. The third kappa shape index (κ3) is 1.81. The Morgan fingerprint density at radius 2 is 1.74 bits per heavy atom. The fraction of sp³-hybridized carbons (Fsp3) is 0.300. The summed E-state index contributed by atoms with van der Waals surface area (Å²) in [5.41, 5.74) is 13.9. The molecule has 2 bridgehead atoms. The van der Waals surface area contributed by atoms with Gasteiger partial charge in [-0.15, -0.1) is 0 Å². The van der Waals surface area contributed by atoms with E-state index >= 15 is 0 Å². The van der Waals surface area contributed by atoms with E-state index in [1.54, 1.807) is 0 Å². The number of hydrogen-bond donors (Lipinski definition) is 2. The highest BCUT2D eigenvalue weighted by Gasteiger charge is 2.63. The molecule has 5 atom stereocenters. The van der Waals surface area contributed by atoms with Gasteiger partial charge in [-0.05, 0) is 74.6 Å². The monoisotopic (exact) mass is 445 g/mol. The van der Waals surface area contributed by atoms with Crippen molar-refractivity contribution in [2.24, 2.45) is 0 Å². The van der Waals surface area contributed by atoms with E-state index in [9.17, 15) is 9.90 Å². The maximum absolute atomic E-state index is 13.4. The molecule has 166 valence electrons. The Bertz CT molecular complexity index is 1570. The van der Waals surface area contributed by atoms with E-state index in [0.29, 0.717) is 13.0 Å². The molecule has 3 aromatic carbocycles. The van der Waals surface area contributed by atoms with Crippen molar-refractivity contribution in [2.75, 3.05) is 0 Å². The molecule has 1 fully saturated rings. The Kier molecular flexibility index (Phi) is 2.96. The minimum atomic E-state index is -0.651. The van der Waals surface area contributed by atoms with Crippen LogP contribution in [0.1, 0.15) is 63.4 Å². The Hall–Kier alpha value is -3.21. The lowest BCUT2D eigenvalue weighted by molar-refractivity contribution is -0.0496. The molecule has 3 aliphatic heterocycles. The van der Waals surface area contributed by atoms with E-state index in [0.717, 1.165) is 23.1 Å². The second-order valence-electron chi connectivity index (χ2n) is 10.9. The van der Waals surface area contributed by atoms with Crippen LogP contribution in [0.5, 0.6) is 0 Å². The maximum Gasteiger partial charge on any atom is 0.252 e. The summed E-state index contributed by atoms with van der Waals surface area (Å²) >= 11 is 0. The van der Waals surface area contributed by atoms with Crippen molar-refractivity contribution in [1.82, 2.24) is 5.32 Å². The van der Waals surface area contributed by atoms with E-state index in [2.05, 4.69) is 60.8 Å². The van der Waals surface area contributed by atoms with Gasteiger partial charge in [-0.3, -0.25) is 4.79 Å². The van der Waals surface area contributed by atoms with Crippen LogP contribution in [0.2, 0.25) is 0 Å². The third-order valence-corrected chi connectivity index (χ3v) is 9.46. The molecular formula is C30H23NO3. The van der Waals surface area contributed by atoms with Crippen LogP contribution in [0.4, 0.5) is 0 Å². The number of hydrogen-bond acceptors (Lipinski definition) is 3. The van der Waals surface area contributed by atoms with Gasteiger partial charge in [0.25, 0.3) is 5.91 Å². The summed E-state index contributed by atoms with van der Waals surface area (Å²) in [6, 6.07) is 17.2. The summed E-state index contributed by atoms with van der Waals surface area (Å²) in [7, 11) is 0. The predicted octanol–water partition coefficient (Wildman–Crippen LogP) is 4.69. The van der Waals surface area contributed by atoms with Crippen molar-refractivity contribution in [2.45, 2.75) is 56.0 Å². The normalized spacial score (nSPS) is 32.2. The molecule has 0 radical (unpaired) electrons. The van der Waals surface area contributed by atoms with Gasteiger partial charge in [0.1, 0.15) is 5.60 Å². The van der Waals surface area contributed by atoms with Gasteiger partial charge in [-0.2, -0.15) is 0 Å². The van der Waals surface area contributed by atoms with E-state index in [1.807, 2.05) is 0 Å². The minimum Gasteiger partial charge on any atom is -0.390 e. The Balaban J connectivity index is 1.51. The molecule has 0 aromatic heterocycles. The van der Waals surface area contributed by atoms with Crippen molar-refractivity contribution in [1.29, 1.82) is 0 Å². The highest BCUT2D eigenvalue weighted by molar-refractivity contribution is 6.13. The first-order valence-electron chi connectivity index (χ1n) is 12.4. The molecule has 3 aliphatic carbocycles. The van der Waals surface area contributed by atoms with Crippen LogP contribution in [-0.2, 0) is 17.7 Å². The largest absolute Gasteiger partial charge is 0.390 e. The van der Waals surface area contributed by atoms with Crippen molar-refractivity contribution in [3.8, 4) is 22.3 Å². The van der Waals surface area contributed by atoms with Crippen LogP contribution in [0.15, 0.2) is 54.1 Å². The average Bonchev–Trinajstić information content (AvgIpc) is 3.38. The SMILES string of the molecule is C[C@]12OC(C[C@H]1O)C1Cc3ccccc3-c3c4c(c5c(c31)C1C(=C12)c1ccccc1-5)CNC4=O. The summed E-state index contributed by atoms with van der Waals surface area (Å²) in [4.78, 5) is 13.4. The smallest absolute Gasteiger partial charge is 0.252 e. The number of nitrogens with one attached hydrogen (secondary N) is 1. The van der Waals surface area contributed by atoms with Crippen LogP contribution >= 0.6 is 0 Å². The topological polar surface area (TPSA) is 58.6 Å². The second-order valence-corrected chi connectivity index (χ2v) is 10.9. The standard InChI is InChI=1S/C30H23NO3/c1-30-20(32)11-19(34-30)17-10-13-6-2-3-7-14(13)22-23(17)26-21(18-12-31-29(33)25(18)22)15-8-4-5-9-16(15)24-27(26)28(24)30/h2-9,17,19-20,27,32H,10-12H2,1H3,(H,31,33)/t17?,19?,20-,27?,30+/m1/s1. The highest BCUT2D eigenvalue weighted by Crippen LogP contribution is 2.71. The summed E-state index contributed by atoms with van der Waals surface area (Å²) < 4.78 is 6.83. The van der Waals surface area contributed by atoms with Gasteiger partial charge in [-0.1, -0.05) is 48.5 Å². The minimum absolute atomic E-state index is 0.0334. The number of carbonyl (C=O) groups excluding carboxylic acids is 1. The molecule has 9 rings (SSSR count). The van der Waals surface area contributed by atoms with Crippen LogP contribution in [-0.4, -0.2) is 28.8 Å². The molecule has 4 heteroatoms. The molecule has 3 unspecified atom stereocenters. The Morgan fingerprint density at radius 1 is 0.971 bits per heavy atom. The number of fused-ring (bicyclic) bond motifs is 12. The number of aliphatic hydroxyl groups excluding tert-OH is 1. The van der Waals surface area contributed by atoms with Crippen molar-refractivity contribution in [3.05, 3.63) is 87.5 Å². The fourth-order valence-corrected chi connectivity index (χ4v) is 8.07. The molecule has 2 N–H and O–H groups in total. The van der Waals surface area contributed by atoms with Crippen molar-refractivity contribution >= 4 is 11.5 Å². The number of rotatable bonds is 0. The van der Waals surface area contributed by atoms with E-state index in [1.165, 1.54) is 50.1 Å². The maximum atomic E-state index is 13.4. The van der Waals surface area contributed by atoms with Gasteiger partial charge >= 0.3 is 0 Å². The van der Waals surface area contributed by atoms with Crippen LogP contribution in [0.3, 0.4) is 0 Å². The molecule has 4 nitrogen and oxygen atoms in total. The zero-order valence-corrected chi connectivity index (χ0v) is 18.8. The summed E-state index contributed by atoms with van der Waals surface area (Å²) in [6.45, 7) is 2.67. The lowest BCUT2D eigenvalue weighted by Gasteiger charge is -2.39. The second kappa shape index (κ2) is 5.54. The zero-order chi connectivity index (χ0) is 22.5. The number of ether oxygens (including phenoxy) is 1. The first-order chi connectivity index (χ1) is 16.6. The van der Waals surface area contributed by atoms with Gasteiger partial charge < -0.3 is 15.2 Å². The van der Waals surface area contributed by atoms with Crippen LogP contribution in [0, 0.1) is 0 Å². The molecule has 1 amide bonds. The Labute approximate surface area is 197 Å². The van der Waals surface area contributed by atoms with Crippen LogP contribution < -0.4 is 5.32 Å². The average molecular weight is 446 g/mol. The zero-order valence-electron chi connectivity index (χ0n) is 18.8. The summed E-state index contributed by atoms with van der Waals surface area (Å²) in [5, 5.41) is 14.5. The first kappa shape index (κ1) is 18.2. The molecule has 0 spiro atoms. The molecular weight excluding hydrogens is 422 g/mol. The fourth-order valence-electron chi connectivity index (χ4n) is 8.07. The van der Waals surface area contributed by atoms with Crippen molar-refractivity contribution < 1.29 is 14.6 Å². The number of allylic oxidation sites excluding steroid dienone is 1. The number of amides is 1. The van der Waals surface area contributed by atoms with Gasteiger partial charge in [-0.25, -0.2) is 0 Å². The van der Waals surface area contributed by atoms with Gasteiger partial charge in [0.2, 0.25) is 0 Å². The van der Waals surface area contributed by atoms with Crippen molar-refractivity contribution in [3.63, 3.8) is 0 Å². The Morgan fingerprint density at radius 3 is 2.59 bits per heavy atom. The molecule has 0 saturated carbocycles. The molecule has 34 heavy (non-hydrogen) atoms. The quantitative estimate of drug-likeness (QED) is 0.528. The predicted molar refractivity (Wildman–Crippen MR) is 128 cm³/mol.